The fraction of sp³-hybridized carbons (Fsp3) is 0.526. The standard InChI is InChI=1S/C19H24N2O2.ClH/c1-12-5-6-15-14(8-19(22)23-18(15)7-12)10-21-9-13-3-2-4-17(20)16(13)11-21;/h5-8,13,16-17H,2-4,9-11,20H2,1H3;1H. The number of aryl methyl sites for hydroxylation is 1. The molecule has 2 heterocycles. The molecule has 2 N–H and O–H groups in total. The minimum absolute atomic E-state index is 0. The van der Waals surface area contributed by atoms with Crippen molar-refractivity contribution >= 4 is 23.4 Å². The van der Waals surface area contributed by atoms with Gasteiger partial charge >= 0.3 is 5.63 Å². The van der Waals surface area contributed by atoms with E-state index in [0.29, 0.717) is 17.5 Å². The van der Waals surface area contributed by atoms with Crippen molar-refractivity contribution < 1.29 is 4.42 Å². The van der Waals surface area contributed by atoms with Crippen molar-refractivity contribution in [3.8, 4) is 0 Å². The van der Waals surface area contributed by atoms with Crippen molar-refractivity contribution in [2.75, 3.05) is 13.1 Å². The first-order chi connectivity index (χ1) is 11.1. The Balaban J connectivity index is 0.00000169. The highest BCUT2D eigenvalue weighted by Gasteiger charge is 2.38. The number of benzene rings is 1. The van der Waals surface area contributed by atoms with Crippen molar-refractivity contribution in [3.63, 3.8) is 0 Å². The van der Waals surface area contributed by atoms with Gasteiger partial charge in [0, 0.05) is 37.1 Å². The normalized spacial score (nSPS) is 27.0. The van der Waals surface area contributed by atoms with E-state index < -0.39 is 0 Å². The molecule has 5 heteroatoms. The zero-order valence-corrected chi connectivity index (χ0v) is 14.8. The number of fused-ring (bicyclic) bond motifs is 2. The molecule has 1 aliphatic carbocycles. The lowest BCUT2D eigenvalue weighted by Crippen LogP contribution is -2.38. The molecule has 2 aliphatic rings. The van der Waals surface area contributed by atoms with Gasteiger partial charge in [0.15, 0.2) is 0 Å². The molecule has 4 rings (SSSR count). The summed E-state index contributed by atoms with van der Waals surface area (Å²) in [5.74, 6) is 1.35. The quantitative estimate of drug-likeness (QED) is 0.847. The number of hydrogen-bond acceptors (Lipinski definition) is 4. The lowest BCUT2D eigenvalue weighted by molar-refractivity contribution is 0.259. The smallest absolute Gasteiger partial charge is 0.336 e. The number of likely N-dealkylation sites (tertiary alicyclic amines) is 1. The fourth-order valence-electron chi connectivity index (χ4n) is 4.45. The second kappa shape index (κ2) is 6.87. The molecule has 2 aromatic rings. The van der Waals surface area contributed by atoms with Gasteiger partial charge < -0.3 is 10.2 Å². The summed E-state index contributed by atoms with van der Waals surface area (Å²) in [6, 6.07) is 8.09. The van der Waals surface area contributed by atoms with Crippen LogP contribution in [0.3, 0.4) is 0 Å². The minimum atomic E-state index is -0.258. The maximum atomic E-state index is 11.9. The van der Waals surface area contributed by atoms with E-state index in [4.69, 9.17) is 10.2 Å². The second-order valence-electron chi connectivity index (χ2n) is 7.30. The maximum absolute atomic E-state index is 11.9. The maximum Gasteiger partial charge on any atom is 0.336 e. The lowest BCUT2D eigenvalue weighted by atomic mass is 9.78. The summed E-state index contributed by atoms with van der Waals surface area (Å²) >= 11 is 0. The largest absolute Gasteiger partial charge is 0.423 e. The Morgan fingerprint density at radius 3 is 2.88 bits per heavy atom. The van der Waals surface area contributed by atoms with Gasteiger partial charge in [-0.25, -0.2) is 4.79 Å². The minimum Gasteiger partial charge on any atom is -0.423 e. The van der Waals surface area contributed by atoms with Gasteiger partial charge in [0.05, 0.1) is 0 Å². The van der Waals surface area contributed by atoms with Crippen molar-refractivity contribution in [2.45, 2.75) is 38.8 Å². The molecule has 0 spiro atoms. The predicted octanol–water partition coefficient (Wildman–Crippen LogP) is 3.08. The molecule has 1 aliphatic heterocycles. The highest BCUT2D eigenvalue weighted by atomic mass is 35.5. The molecule has 1 saturated heterocycles. The van der Waals surface area contributed by atoms with E-state index in [1.165, 1.54) is 12.8 Å². The van der Waals surface area contributed by atoms with Crippen LogP contribution in [-0.4, -0.2) is 24.0 Å². The lowest BCUT2D eigenvalue weighted by Gasteiger charge is -2.29. The van der Waals surface area contributed by atoms with E-state index in [1.54, 1.807) is 6.07 Å². The average Bonchev–Trinajstić information content (AvgIpc) is 2.90. The van der Waals surface area contributed by atoms with Crippen LogP contribution in [0, 0.1) is 18.8 Å². The number of nitrogens with zero attached hydrogens (tertiary/aromatic N) is 1. The third-order valence-corrected chi connectivity index (χ3v) is 5.61. The van der Waals surface area contributed by atoms with Crippen LogP contribution in [-0.2, 0) is 6.54 Å². The fourth-order valence-corrected chi connectivity index (χ4v) is 4.45. The van der Waals surface area contributed by atoms with Crippen LogP contribution < -0.4 is 11.4 Å². The molecular weight excluding hydrogens is 324 g/mol. The highest BCUT2D eigenvalue weighted by Crippen LogP contribution is 2.36. The molecule has 1 aromatic carbocycles. The molecule has 2 fully saturated rings. The van der Waals surface area contributed by atoms with Gasteiger partial charge in [0.25, 0.3) is 0 Å². The zero-order chi connectivity index (χ0) is 16.0. The average molecular weight is 349 g/mol. The summed E-state index contributed by atoms with van der Waals surface area (Å²) < 4.78 is 5.37. The highest BCUT2D eigenvalue weighted by molar-refractivity contribution is 5.85. The van der Waals surface area contributed by atoms with Crippen LogP contribution in [0.2, 0.25) is 0 Å². The summed E-state index contributed by atoms with van der Waals surface area (Å²) in [5, 5.41) is 1.05. The van der Waals surface area contributed by atoms with Gasteiger partial charge in [-0.05, 0) is 48.8 Å². The Kier molecular flexibility index (Phi) is 5.00. The van der Waals surface area contributed by atoms with E-state index in [-0.39, 0.29) is 18.0 Å². The Bertz CT molecular complexity index is 789. The number of rotatable bonds is 2. The van der Waals surface area contributed by atoms with E-state index in [1.807, 2.05) is 13.0 Å². The van der Waals surface area contributed by atoms with Crippen molar-refractivity contribution in [3.05, 3.63) is 45.8 Å². The Morgan fingerprint density at radius 1 is 1.25 bits per heavy atom. The molecule has 1 saturated carbocycles. The van der Waals surface area contributed by atoms with Gasteiger partial charge in [-0.1, -0.05) is 18.6 Å². The van der Waals surface area contributed by atoms with Crippen LogP contribution in [0.1, 0.15) is 30.4 Å². The van der Waals surface area contributed by atoms with Crippen LogP contribution in [0.4, 0.5) is 0 Å². The predicted molar refractivity (Wildman–Crippen MR) is 98.6 cm³/mol. The molecule has 24 heavy (non-hydrogen) atoms. The van der Waals surface area contributed by atoms with Gasteiger partial charge in [-0.3, -0.25) is 4.90 Å². The van der Waals surface area contributed by atoms with Crippen LogP contribution in [0.15, 0.2) is 33.5 Å². The third kappa shape index (κ3) is 3.23. The van der Waals surface area contributed by atoms with Gasteiger partial charge in [-0.2, -0.15) is 0 Å². The summed E-state index contributed by atoms with van der Waals surface area (Å²) in [4.78, 5) is 14.4. The summed E-state index contributed by atoms with van der Waals surface area (Å²) in [5.41, 5.74) is 8.93. The molecule has 3 atom stereocenters. The third-order valence-electron chi connectivity index (χ3n) is 5.61. The van der Waals surface area contributed by atoms with Crippen molar-refractivity contribution in [2.24, 2.45) is 17.6 Å². The summed E-state index contributed by atoms with van der Waals surface area (Å²) in [7, 11) is 0. The molecule has 4 nitrogen and oxygen atoms in total. The zero-order valence-electron chi connectivity index (χ0n) is 14.0. The Morgan fingerprint density at radius 2 is 2.08 bits per heavy atom. The first-order valence-electron chi connectivity index (χ1n) is 8.61. The van der Waals surface area contributed by atoms with E-state index in [9.17, 15) is 4.79 Å². The summed E-state index contributed by atoms with van der Waals surface area (Å²) in [6.45, 7) is 4.98. The van der Waals surface area contributed by atoms with Gasteiger partial charge in [0.1, 0.15) is 5.58 Å². The molecule has 3 unspecified atom stereocenters. The first kappa shape index (κ1) is 17.5. The van der Waals surface area contributed by atoms with E-state index in [2.05, 4.69) is 17.0 Å². The second-order valence-corrected chi connectivity index (χ2v) is 7.30. The molecular formula is C19H25ClN2O2. The molecule has 0 radical (unpaired) electrons. The van der Waals surface area contributed by atoms with Crippen LogP contribution >= 0.6 is 12.4 Å². The van der Waals surface area contributed by atoms with E-state index >= 15 is 0 Å². The number of hydrogen-bond donors (Lipinski definition) is 1. The summed E-state index contributed by atoms with van der Waals surface area (Å²) in [6.07, 6.45) is 3.71. The van der Waals surface area contributed by atoms with E-state index in [0.717, 1.165) is 48.5 Å². The van der Waals surface area contributed by atoms with Crippen LogP contribution in [0.25, 0.3) is 11.0 Å². The van der Waals surface area contributed by atoms with Gasteiger partial charge in [0.2, 0.25) is 0 Å². The molecule has 1 aromatic heterocycles. The van der Waals surface area contributed by atoms with Crippen LogP contribution in [0.5, 0.6) is 0 Å². The topological polar surface area (TPSA) is 59.5 Å². The van der Waals surface area contributed by atoms with Crippen molar-refractivity contribution in [1.82, 2.24) is 4.90 Å². The van der Waals surface area contributed by atoms with Gasteiger partial charge in [-0.15, -0.1) is 12.4 Å². The number of nitrogens with two attached hydrogens (primary N) is 1. The first-order valence-corrected chi connectivity index (χ1v) is 8.61. The molecule has 130 valence electrons. The molecule has 0 amide bonds. The Hall–Kier alpha value is -1.36. The number of halogens is 1. The Labute approximate surface area is 148 Å². The van der Waals surface area contributed by atoms with Crippen molar-refractivity contribution in [1.29, 1.82) is 0 Å². The monoisotopic (exact) mass is 348 g/mol. The molecule has 0 bridgehead atoms. The SMILES string of the molecule is Cc1ccc2c(CN3CC4CCCC(N)C4C3)cc(=O)oc2c1.Cl.